The van der Waals surface area contributed by atoms with Gasteiger partial charge in [-0.3, -0.25) is 4.79 Å². The van der Waals surface area contributed by atoms with Crippen molar-refractivity contribution in [3.05, 3.63) is 35.9 Å². The van der Waals surface area contributed by atoms with E-state index in [2.05, 4.69) is 17.4 Å². The maximum absolute atomic E-state index is 10.9. The fraction of sp³-hybridized carbons (Fsp3) is 0.300. The van der Waals surface area contributed by atoms with Crippen LogP contribution in [0.4, 0.5) is 4.79 Å². The third-order valence-corrected chi connectivity index (χ3v) is 3.01. The highest BCUT2D eigenvalue weighted by Crippen LogP contribution is 2.16. The van der Waals surface area contributed by atoms with Crippen molar-refractivity contribution < 1.29 is 4.79 Å². The number of hydrogen-bond acceptors (Lipinski definition) is 2. The first-order valence-corrected chi connectivity index (χ1v) is 5.30. The van der Waals surface area contributed by atoms with Crippen LogP contribution in [0.1, 0.15) is 5.56 Å². The first kappa shape index (κ1) is 8.63. The average molecular weight is 193 g/mol. The lowest BCUT2D eigenvalue weighted by Crippen LogP contribution is -2.28. The molecule has 1 heterocycles. The van der Waals surface area contributed by atoms with Crippen molar-refractivity contribution in [1.29, 1.82) is 0 Å². The Balaban J connectivity index is 1.96. The predicted molar refractivity (Wildman–Crippen MR) is 54.9 cm³/mol. The Morgan fingerprint density at radius 2 is 2.15 bits per heavy atom. The molecule has 1 N–H and O–H groups in total. The number of nitrogens with one attached hydrogen (secondary N) is 1. The number of rotatable bonds is 2. The van der Waals surface area contributed by atoms with Gasteiger partial charge in [0.2, 0.25) is 0 Å². The van der Waals surface area contributed by atoms with Crippen LogP contribution < -0.4 is 5.32 Å². The van der Waals surface area contributed by atoms with Gasteiger partial charge in [0.25, 0.3) is 5.24 Å². The van der Waals surface area contributed by atoms with Crippen molar-refractivity contribution >= 4 is 17.0 Å². The molecule has 0 aromatic heterocycles. The van der Waals surface area contributed by atoms with E-state index >= 15 is 0 Å². The fourth-order valence-electron chi connectivity index (χ4n) is 1.43. The largest absolute Gasteiger partial charge is 0.343 e. The van der Waals surface area contributed by atoms with E-state index in [1.54, 1.807) is 0 Å². The molecule has 1 saturated heterocycles. The van der Waals surface area contributed by atoms with Gasteiger partial charge in [0, 0.05) is 11.8 Å². The zero-order chi connectivity index (χ0) is 9.10. The van der Waals surface area contributed by atoms with Gasteiger partial charge < -0.3 is 5.32 Å². The second-order valence-electron chi connectivity index (χ2n) is 3.13. The van der Waals surface area contributed by atoms with E-state index in [1.165, 1.54) is 17.3 Å². The number of carbonyl (C=O) groups excluding carboxylic acids is 1. The van der Waals surface area contributed by atoms with Crippen LogP contribution in [-0.4, -0.2) is 17.0 Å². The summed E-state index contributed by atoms with van der Waals surface area (Å²) in [6, 6.07) is 10.6. The Labute approximate surface area is 81.7 Å². The molecule has 0 radical (unpaired) electrons. The van der Waals surface area contributed by atoms with Gasteiger partial charge in [0.15, 0.2) is 0 Å². The topological polar surface area (TPSA) is 29.1 Å². The summed E-state index contributed by atoms with van der Waals surface area (Å²) in [5.41, 5.74) is 1.29. The quantitative estimate of drug-likeness (QED) is 0.779. The van der Waals surface area contributed by atoms with E-state index in [0.717, 1.165) is 12.2 Å². The zero-order valence-corrected chi connectivity index (χ0v) is 8.01. The first-order chi connectivity index (χ1) is 6.34. The van der Waals surface area contributed by atoms with Crippen LogP contribution in [0.3, 0.4) is 0 Å². The minimum Gasteiger partial charge on any atom is -0.343 e. The zero-order valence-electron chi connectivity index (χ0n) is 7.19. The van der Waals surface area contributed by atoms with Gasteiger partial charge in [-0.05, 0) is 12.0 Å². The van der Waals surface area contributed by atoms with Crippen molar-refractivity contribution in [2.45, 2.75) is 12.5 Å². The van der Waals surface area contributed by atoms with Gasteiger partial charge in [0.1, 0.15) is 0 Å². The van der Waals surface area contributed by atoms with Crippen molar-refractivity contribution in [2.24, 2.45) is 0 Å². The van der Waals surface area contributed by atoms with Crippen molar-refractivity contribution in [2.75, 3.05) is 5.75 Å². The molecule has 0 aliphatic carbocycles. The summed E-state index contributed by atoms with van der Waals surface area (Å²) in [6.07, 6.45) is 0.944. The van der Waals surface area contributed by atoms with Gasteiger partial charge >= 0.3 is 0 Å². The Morgan fingerprint density at radius 3 is 2.77 bits per heavy atom. The molecule has 1 aliphatic heterocycles. The fourth-order valence-corrected chi connectivity index (χ4v) is 2.24. The standard InChI is InChI=1S/C10H11NOS/c12-10-11-9(7-13-10)6-8-4-2-1-3-5-8/h1-5,9H,6-7H2,(H,11,12). The van der Waals surface area contributed by atoms with Gasteiger partial charge in [-0.15, -0.1) is 0 Å². The summed E-state index contributed by atoms with van der Waals surface area (Å²) in [7, 11) is 0. The summed E-state index contributed by atoms with van der Waals surface area (Å²) in [5.74, 6) is 0.897. The summed E-state index contributed by atoms with van der Waals surface area (Å²) < 4.78 is 0. The van der Waals surface area contributed by atoms with Crippen molar-refractivity contribution in [1.82, 2.24) is 5.32 Å². The van der Waals surface area contributed by atoms with Crippen molar-refractivity contribution in [3.8, 4) is 0 Å². The molecule has 1 aliphatic rings. The van der Waals surface area contributed by atoms with Crippen LogP contribution in [0, 0.1) is 0 Å². The minimum absolute atomic E-state index is 0.112. The number of thioether (sulfide) groups is 1. The molecule has 0 bridgehead atoms. The number of carbonyl (C=O) groups is 1. The molecule has 0 saturated carbocycles. The van der Waals surface area contributed by atoms with Crippen LogP contribution >= 0.6 is 11.8 Å². The molecular weight excluding hydrogens is 182 g/mol. The number of hydrogen-bond donors (Lipinski definition) is 1. The highest BCUT2D eigenvalue weighted by atomic mass is 32.2. The molecule has 1 amide bonds. The molecule has 3 heteroatoms. The molecule has 68 valence electrons. The maximum Gasteiger partial charge on any atom is 0.279 e. The van der Waals surface area contributed by atoms with Crippen molar-refractivity contribution in [3.63, 3.8) is 0 Å². The van der Waals surface area contributed by atoms with Crippen LogP contribution in [-0.2, 0) is 6.42 Å². The van der Waals surface area contributed by atoms with E-state index < -0.39 is 0 Å². The third-order valence-electron chi connectivity index (χ3n) is 2.06. The molecule has 0 spiro atoms. The SMILES string of the molecule is O=C1NC(Cc2ccccc2)CS1. The second-order valence-corrected chi connectivity index (χ2v) is 4.12. The molecule has 2 nitrogen and oxygen atoms in total. The molecule has 1 atom stereocenters. The Bertz CT molecular complexity index is 299. The lowest BCUT2D eigenvalue weighted by molar-refractivity contribution is 0.260. The van der Waals surface area contributed by atoms with Crippen LogP contribution in [0.2, 0.25) is 0 Å². The monoisotopic (exact) mass is 193 g/mol. The Morgan fingerprint density at radius 1 is 1.38 bits per heavy atom. The predicted octanol–water partition coefficient (Wildman–Crippen LogP) is 2.05. The van der Waals surface area contributed by atoms with Gasteiger partial charge in [-0.25, -0.2) is 0 Å². The molecule has 1 aromatic carbocycles. The van der Waals surface area contributed by atoms with E-state index in [1.807, 2.05) is 18.2 Å². The van der Waals surface area contributed by atoms with Gasteiger partial charge in [-0.1, -0.05) is 42.1 Å². The molecule has 1 aromatic rings. The summed E-state index contributed by atoms with van der Waals surface area (Å²) >= 11 is 1.37. The average Bonchev–Trinajstić information content (AvgIpc) is 2.53. The highest BCUT2D eigenvalue weighted by molar-refractivity contribution is 8.13. The summed E-state index contributed by atoms with van der Waals surface area (Å²) in [5, 5.41) is 3.04. The highest BCUT2D eigenvalue weighted by Gasteiger charge is 2.21. The molecule has 2 rings (SSSR count). The van der Waals surface area contributed by atoms with Crippen LogP contribution in [0.5, 0.6) is 0 Å². The molecule has 1 fully saturated rings. The van der Waals surface area contributed by atoms with Gasteiger partial charge in [-0.2, -0.15) is 0 Å². The lowest BCUT2D eigenvalue weighted by Gasteiger charge is -2.07. The third kappa shape index (κ3) is 2.25. The van der Waals surface area contributed by atoms with E-state index in [0.29, 0.717) is 6.04 Å². The van der Waals surface area contributed by atoms with E-state index in [-0.39, 0.29) is 5.24 Å². The van der Waals surface area contributed by atoms with E-state index in [9.17, 15) is 4.79 Å². The normalized spacial score (nSPS) is 21.5. The number of benzene rings is 1. The van der Waals surface area contributed by atoms with Crippen LogP contribution in [0.15, 0.2) is 30.3 Å². The lowest BCUT2D eigenvalue weighted by atomic mass is 10.1. The maximum atomic E-state index is 10.9. The van der Waals surface area contributed by atoms with Crippen LogP contribution in [0.25, 0.3) is 0 Å². The first-order valence-electron chi connectivity index (χ1n) is 4.32. The Kier molecular flexibility index (Phi) is 2.54. The molecule has 13 heavy (non-hydrogen) atoms. The minimum atomic E-state index is 0.112. The number of amides is 1. The van der Waals surface area contributed by atoms with Gasteiger partial charge in [0.05, 0.1) is 0 Å². The smallest absolute Gasteiger partial charge is 0.279 e. The summed E-state index contributed by atoms with van der Waals surface area (Å²) in [6.45, 7) is 0. The molecular formula is C10H11NOS. The summed E-state index contributed by atoms with van der Waals surface area (Å²) in [4.78, 5) is 10.9. The molecule has 1 unspecified atom stereocenters. The second kappa shape index (κ2) is 3.83. The van der Waals surface area contributed by atoms with E-state index in [4.69, 9.17) is 0 Å². The Hall–Kier alpha value is -0.960.